The summed E-state index contributed by atoms with van der Waals surface area (Å²) < 4.78 is 35.3. The average molecular weight is 252 g/mol. The highest BCUT2D eigenvalue weighted by atomic mass is 32.2. The highest BCUT2D eigenvalue weighted by Crippen LogP contribution is 2.09. The zero-order valence-electron chi connectivity index (χ0n) is 9.50. The molecule has 0 heterocycles. The zero-order chi connectivity index (χ0) is 12.6. The second kappa shape index (κ2) is 7.78. The molecule has 16 heavy (non-hydrogen) atoms. The molecule has 0 aromatic heterocycles. The van der Waals surface area contributed by atoms with Crippen molar-refractivity contribution >= 4 is 10.1 Å². The normalized spacial score (nSPS) is 15.7. The molecule has 0 amide bonds. The molecule has 0 rings (SSSR count). The molecule has 5 nitrogen and oxygen atoms in total. The lowest BCUT2D eigenvalue weighted by Gasteiger charge is -2.17. The van der Waals surface area contributed by atoms with E-state index in [1.807, 2.05) is 6.08 Å². The first-order chi connectivity index (χ1) is 7.39. The third kappa shape index (κ3) is 6.95. The van der Waals surface area contributed by atoms with Crippen LogP contribution in [0, 0.1) is 0 Å². The summed E-state index contributed by atoms with van der Waals surface area (Å²) in [5.41, 5.74) is -1.55. The number of ether oxygens (including phenoxy) is 1. The van der Waals surface area contributed by atoms with E-state index in [1.54, 1.807) is 0 Å². The van der Waals surface area contributed by atoms with E-state index in [4.69, 9.17) is 14.4 Å². The van der Waals surface area contributed by atoms with Gasteiger partial charge >= 0.3 is 0 Å². The molecule has 0 aliphatic carbocycles. The van der Waals surface area contributed by atoms with Crippen LogP contribution in [0.5, 0.6) is 0 Å². The summed E-state index contributed by atoms with van der Waals surface area (Å²) in [6.45, 7) is 5.05. The van der Waals surface area contributed by atoms with E-state index in [0.717, 1.165) is 19.3 Å². The molecule has 0 spiro atoms. The number of rotatable bonds is 9. The summed E-state index contributed by atoms with van der Waals surface area (Å²) in [4.78, 5) is 0. The monoisotopic (exact) mass is 252 g/mol. The van der Waals surface area contributed by atoms with Gasteiger partial charge < -0.3 is 9.84 Å². The Morgan fingerprint density at radius 3 is 2.44 bits per heavy atom. The van der Waals surface area contributed by atoms with Gasteiger partial charge in [-0.15, -0.1) is 6.58 Å². The molecule has 0 saturated heterocycles. The Kier molecular flexibility index (Phi) is 7.57. The zero-order valence-corrected chi connectivity index (χ0v) is 10.3. The molecule has 6 heteroatoms. The Hall–Kier alpha value is -0.430. The minimum Gasteiger partial charge on any atom is -0.389 e. The van der Waals surface area contributed by atoms with Crippen molar-refractivity contribution in [2.24, 2.45) is 0 Å². The SMILES string of the molecule is C=CCCCCCOC(C(C)O)S(=O)(=O)O. The van der Waals surface area contributed by atoms with Crippen molar-refractivity contribution in [3.05, 3.63) is 12.7 Å². The summed E-state index contributed by atoms with van der Waals surface area (Å²) >= 11 is 0. The van der Waals surface area contributed by atoms with Crippen LogP contribution in [0.25, 0.3) is 0 Å². The predicted octanol–water partition coefficient (Wildman–Crippen LogP) is 1.34. The van der Waals surface area contributed by atoms with Crippen LogP contribution < -0.4 is 0 Å². The van der Waals surface area contributed by atoms with Gasteiger partial charge in [0.15, 0.2) is 0 Å². The highest BCUT2D eigenvalue weighted by Gasteiger charge is 2.28. The largest absolute Gasteiger partial charge is 0.389 e. The molecule has 2 N–H and O–H groups in total. The summed E-state index contributed by atoms with van der Waals surface area (Å²) in [5, 5.41) is 9.11. The van der Waals surface area contributed by atoms with Crippen LogP contribution in [0.2, 0.25) is 0 Å². The Morgan fingerprint density at radius 1 is 1.38 bits per heavy atom. The van der Waals surface area contributed by atoms with E-state index in [2.05, 4.69) is 6.58 Å². The highest BCUT2D eigenvalue weighted by molar-refractivity contribution is 7.86. The fourth-order valence-corrected chi connectivity index (χ4v) is 2.01. The van der Waals surface area contributed by atoms with Crippen molar-refractivity contribution in [3.63, 3.8) is 0 Å². The van der Waals surface area contributed by atoms with Crippen LogP contribution in [0.3, 0.4) is 0 Å². The Bertz CT molecular complexity index is 284. The maximum atomic E-state index is 10.8. The molecule has 0 aromatic carbocycles. The van der Waals surface area contributed by atoms with Gasteiger partial charge in [-0.3, -0.25) is 4.55 Å². The van der Waals surface area contributed by atoms with E-state index in [0.29, 0.717) is 6.42 Å². The van der Waals surface area contributed by atoms with E-state index < -0.39 is 21.7 Å². The van der Waals surface area contributed by atoms with Gasteiger partial charge in [-0.25, -0.2) is 0 Å². The third-order valence-corrected chi connectivity index (χ3v) is 3.14. The lowest BCUT2D eigenvalue weighted by atomic mass is 10.2. The quantitative estimate of drug-likeness (QED) is 0.367. The standard InChI is InChI=1S/C10H20O5S/c1-3-4-5-6-7-8-15-10(9(2)11)16(12,13)14/h3,9-11H,1,4-8H2,2H3,(H,12,13,14). The smallest absolute Gasteiger partial charge is 0.294 e. The van der Waals surface area contributed by atoms with Gasteiger partial charge in [-0.05, 0) is 26.2 Å². The number of hydrogen-bond acceptors (Lipinski definition) is 4. The average Bonchev–Trinajstić information content (AvgIpc) is 2.13. The Balaban J connectivity index is 3.83. The lowest BCUT2D eigenvalue weighted by molar-refractivity contribution is 0.0119. The molecule has 0 fully saturated rings. The first-order valence-electron chi connectivity index (χ1n) is 5.26. The maximum Gasteiger partial charge on any atom is 0.294 e. The number of allylic oxidation sites excluding steroid dienone is 1. The molecular formula is C10H20O5S. The van der Waals surface area contributed by atoms with Crippen LogP contribution in [0.15, 0.2) is 12.7 Å². The summed E-state index contributed by atoms with van der Waals surface area (Å²) in [6, 6.07) is 0. The maximum absolute atomic E-state index is 10.8. The fraction of sp³-hybridized carbons (Fsp3) is 0.800. The van der Waals surface area contributed by atoms with E-state index in [9.17, 15) is 8.42 Å². The molecule has 0 aliphatic rings. The van der Waals surface area contributed by atoms with Gasteiger partial charge in [0.05, 0.1) is 6.10 Å². The van der Waals surface area contributed by atoms with Crippen molar-refractivity contribution in [2.45, 2.75) is 44.1 Å². The molecule has 0 radical (unpaired) electrons. The molecular weight excluding hydrogens is 232 g/mol. The van der Waals surface area contributed by atoms with Crippen LogP contribution in [-0.2, 0) is 14.9 Å². The van der Waals surface area contributed by atoms with Crippen LogP contribution >= 0.6 is 0 Å². The first kappa shape index (κ1) is 15.6. The lowest BCUT2D eigenvalue weighted by Crippen LogP contribution is -2.34. The molecule has 0 bridgehead atoms. The van der Waals surface area contributed by atoms with Crippen LogP contribution in [0.4, 0.5) is 0 Å². The molecule has 0 saturated carbocycles. The van der Waals surface area contributed by atoms with Gasteiger partial charge in [-0.2, -0.15) is 8.42 Å². The van der Waals surface area contributed by atoms with Crippen molar-refractivity contribution < 1.29 is 22.8 Å². The van der Waals surface area contributed by atoms with Gasteiger partial charge in [-0.1, -0.05) is 12.5 Å². The number of aliphatic hydroxyl groups is 1. The second-order valence-corrected chi connectivity index (χ2v) is 5.13. The Labute approximate surface area is 96.9 Å². The predicted molar refractivity (Wildman–Crippen MR) is 61.6 cm³/mol. The van der Waals surface area contributed by atoms with Crippen molar-refractivity contribution in [3.8, 4) is 0 Å². The number of hydrogen-bond donors (Lipinski definition) is 2. The number of aliphatic hydroxyl groups excluding tert-OH is 1. The van der Waals surface area contributed by atoms with Crippen LogP contribution in [-0.4, -0.2) is 36.2 Å². The molecule has 2 unspecified atom stereocenters. The fourth-order valence-electron chi connectivity index (χ4n) is 1.24. The topological polar surface area (TPSA) is 83.8 Å². The Morgan fingerprint density at radius 2 is 2.00 bits per heavy atom. The number of unbranched alkanes of at least 4 members (excludes halogenated alkanes) is 3. The minimum absolute atomic E-state index is 0.201. The molecule has 96 valence electrons. The van der Waals surface area contributed by atoms with Crippen molar-refractivity contribution in [2.75, 3.05) is 6.61 Å². The second-order valence-electron chi connectivity index (χ2n) is 3.63. The van der Waals surface area contributed by atoms with E-state index in [1.165, 1.54) is 6.92 Å². The van der Waals surface area contributed by atoms with E-state index >= 15 is 0 Å². The van der Waals surface area contributed by atoms with E-state index in [-0.39, 0.29) is 6.61 Å². The summed E-state index contributed by atoms with van der Waals surface area (Å²) in [7, 11) is -4.35. The van der Waals surface area contributed by atoms with Crippen LogP contribution in [0.1, 0.15) is 32.6 Å². The van der Waals surface area contributed by atoms with Crippen molar-refractivity contribution in [1.29, 1.82) is 0 Å². The molecule has 2 atom stereocenters. The summed E-state index contributed by atoms with van der Waals surface area (Å²) in [6.07, 6.45) is 4.04. The van der Waals surface area contributed by atoms with Crippen molar-refractivity contribution in [1.82, 2.24) is 0 Å². The molecule has 0 aliphatic heterocycles. The van der Waals surface area contributed by atoms with Gasteiger partial charge in [0.2, 0.25) is 5.44 Å². The van der Waals surface area contributed by atoms with Gasteiger partial charge in [0, 0.05) is 6.61 Å². The minimum atomic E-state index is -4.35. The summed E-state index contributed by atoms with van der Waals surface area (Å²) in [5.74, 6) is 0. The molecule has 0 aromatic rings. The van der Waals surface area contributed by atoms with Gasteiger partial charge in [0.1, 0.15) is 0 Å². The first-order valence-corrected chi connectivity index (χ1v) is 6.76. The van der Waals surface area contributed by atoms with Gasteiger partial charge in [0.25, 0.3) is 10.1 Å². The third-order valence-electron chi connectivity index (χ3n) is 2.02.